The summed E-state index contributed by atoms with van der Waals surface area (Å²) in [5, 5.41) is 3.53. The normalized spacial score (nSPS) is 16.4. The van der Waals surface area contributed by atoms with Crippen LogP contribution in [0.3, 0.4) is 0 Å². The summed E-state index contributed by atoms with van der Waals surface area (Å²) >= 11 is 0. The van der Waals surface area contributed by atoms with Crippen molar-refractivity contribution in [2.45, 2.75) is 33.2 Å². The molecule has 0 aliphatic carbocycles. The van der Waals surface area contributed by atoms with Crippen molar-refractivity contribution in [2.24, 2.45) is 5.73 Å². The third kappa shape index (κ3) is 2.21. The number of nitrogens with two attached hydrogens (primary N) is 1. The van der Waals surface area contributed by atoms with E-state index in [0.717, 1.165) is 11.4 Å². The van der Waals surface area contributed by atoms with E-state index < -0.39 is 0 Å². The molecule has 0 aromatic heterocycles. The van der Waals surface area contributed by atoms with Crippen LogP contribution in [-0.2, 0) is 0 Å². The predicted octanol–water partition coefficient (Wildman–Crippen LogP) is 4.56. The Morgan fingerprint density at radius 1 is 0.952 bits per heavy atom. The molecule has 0 fully saturated rings. The molecule has 0 saturated heterocycles. The van der Waals surface area contributed by atoms with Crippen LogP contribution in [0.2, 0.25) is 0 Å². The Morgan fingerprint density at radius 2 is 1.67 bits per heavy atom. The average molecular weight is 278 g/mol. The van der Waals surface area contributed by atoms with Gasteiger partial charge >= 0.3 is 0 Å². The Labute approximate surface area is 126 Å². The number of nitrogens with one attached hydrogen (secondary N) is 1. The third-order valence-corrected chi connectivity index (χ3v) is 4.40. The van der Waals surface area contributed by atoms with E-state index in [-0.39, 0.29) is 5.54 Å². The van der Waals surface area contributed by atoms with Crippen LogP contribution in [0.5, 0.6) is 0 Å². The van der Waals surface area contributed by atoms with E-state index in [4.69, 9.17) is 5.73 Å². The van der Waals surface area contributed by atoms with Gasteiger partial charge in [0, 0.05) is 16.9 Å². The number of benzene rings is 2. The van der Waals surface area contributed by atoms with Crippen LogP contribution in [-0.4, -0.2) is 5.54 Å². The number of rotatable bonds is 1. The molecule has 2 aromatic carbocycles. The van der Waals surface area contributed by atoms with Gasteiger partial charge in [0.1, 0.15) is 0 Å². The highest BCUT2D eigenvalue weighted by Crippen LogP contribution is 2.38. The largest absolute Gasteiger partial charge is 0.400 e. The van der Waals surface area contributed by atoms with Crippen molar-refractivity contribution in [1.29, 1.82) is 0 Å². The number of hydrogen-bond acceptors (Lipinski definition) is 2. The summed E-state index contributed by atoms with van der Waals surface area (Å²) < 4.78 is 0. The smallest absolute Gasteiger partial charge is 0.0715 e. The van der Waals surface area contributed by atoms with Crippen molar-refractivity contribution in [3.05, 3.63) is 59.3 Å². The fourth-order valence-corrected chi connectivity index (χ4v) is 3.05. The molecular weight excluding hydrogens is 256 g/mol. The van der Waals surface area contributed by atoms with Gasteiger partial charge < -0.3 is 11.1 Å². The maximum absolute atomic E-state index is 6.31. The summed E-state index contributed by atoms with van der Waals surface area (Å²) in [6.45, 7) is 8.49. The van der Waals surface area contributed by atoms with E-state index in [1.807, 2.05) is 0 Å². The molecular formula is C19H22N2. The molecule has 21 heavy (non-hydrogen) atoms. The molecule has 1 heterocycles. The van der Waals surface area contributed by atoms with Crippen molar-refractivity contribution >= 4 is 11.3 Å². The molecule has 1 aliphatic rings. The zero-order valence-corrected chi connectivity index (χ0v) is 13.1. The highest BCUT2D eigenvalue weighted by Gasteiger charge is 2.29. The second kappa shape index (κ2) is 4.66. The molecule has 0 unspecified atom stereocenters. The fourth-order valence-electron chi connectivity index (χ4n) is 3.05. The summed E-state index contributed by atoms with van der Waals surface area (Å²) in [5.41, 5.74) is 14.4. The van der Waals surface area contributed by atoms with Gasteiger partial charge in [-0.2, -0.15) is 0 Å². The molecule has 0 radical (unpaired) electrons. The van der Waals surface area contributed by atoms with Gasteiger partial charge in [-0.05, 0) is 62.1 Å². The standard InChI is InChI=1S/C19H22N2/c1-12-7-5-6-8-15(12)14-9-10-17-16(11-14)13(2)18(20)19(3,4)21-17/h5-11,21H,20H2,1-4H3. The predicted molar refractivity (Wildman–Crippen MR) is 91.1 cm³/mol. The van der Waals surface area contributed by atoms with Gasteiger partial charge in [-0.1, -0.05) is 30.3 Å². The molecule has 0 spiro atoms. The lowest BCUT2D eigenvalue weighted by molar-refractivity contribution is 0.652. The Hall–Kier alpha value is -2.22. The van der Waals surface area contributed by atoms with Crippen molar-refractivity contribution in [3.63, 3.8) is 0 Å². The van der Waals surface area contributed by atoms with Gasteiger partial charge in [0.25, 0.3) is 0 Å². The van der Waals surface area contributed by atoms with E-state index >= 15 is 0 Å². The van der Waals surface area contributed by atoms with E-state index in [0.29, 0.717) is 0 Å². The van der Waals surface area contributed by atoms with Crippen molar-refractivity contribution < 1.29 is 0 Å². The highest BCUT2D eigenvalue weighted by molar-refractivity contribution is 5.85. The van der Waals surface area contributed by atoms with Gasteiger partial charge in [0.2, 0.25) is 0 Å². The zero-order valence-electron chi connectivity index (χ0n) is 13.1. The maximum atomic E-state index is 6.31. The molecule has 2 aromatic rings. The van der Waals surface area contributed by atoms with Crippen LogP contribution in [0.1, 0.15) is 31.9 Å². The fraction of sp³-hybridized carbons (Fsp3) is 0.263. The first-order chi connectivity index (χ1) is 9.90. The van der Waals surface area contributed by atoms with Gasteiger partial charge in [-0.3, -0.25) is 0 Å². The summed E-state index contributed by atoms with van der Waals surface area (Å²) in [6, 6.07) is 15.0. The van der Waals surface area contributed by atoms with Crippen LogP contribution in [0, 0.1) is 6.92 Å². The highest BCUT2D eigenvalue weighted by atomic mass is 15.0. The molecule has 0 atom stereocenters. The topological polar surface area (TPSA) is 38.0 Å². The Kier molecular flexibility index (Phi) is 3.05. The first-order valence-electron chi connectivity index (χ1n) is 7.35. The molecule has 2 nitrogen and oxygen atoms in total. The summed E-state index contributed by atoms with van der Waals surface area (Å²) in [5.74, 6) is 0. The average Bonchev–Trinajstić information content (AvgIpc) is 2.45. The van der Waals surface area contributed by atoms with Crippen LogP contribution >= 0.6 is 0 Å². The molecule has 0 bridgehead atoms. The Bertz CT molecular complexity index is 739. The van der Waals surface area contributed by atoms with Crippen LogP contribution < -0.4 is 11.1 Å². The van der Waals surface area contributed by atoms with Gasteiger partial charge in [0.15, 0.2) is 0 Å². The van der Waals surface area contributed by atoms with Crippen LogP contribution in [0.4, 0.5) is 5.69 Å². The lowest BCUT2D eigenvalue weighted by atomic mass is 9.86. The molecule has 3 rings (SSSR count). The third-order valence-electron chi connectivity index (χ3n) is 4.40. The minimum atomic E-state index is -0.193. The number of fused-ring (bicyclic) bond motifs is 1. The second-order valence-electron chi connectivity index (χ2n) is 6.36. The molecule has 2 heteroatoms. The summed E-state index contributed by atoms with van der Waals surface area (Å²) in [7, 11) is 0. The maximum Gasteiger partial charge on any atom is 0.0715 e. The van der Waals surface area contributed by atoms with Crippen LogP contribution in [0.15, 0.2) is 48.2 Å². The van der Waals surface area contributed by atoms with Gasteiger partial charge in [0.05, 0.1) is 5.54 Å². The van der Waals surface area contributed by atoms with E-state index in [9.17, 15) is 0 Å². The van der Waals surface area contributed by atoms with Gasteiger partial charge in [-0.15, -0.1) is 0 Å². The quantitative estimate of drug-likeness (QED) is 0.802. The lowest BCUT2D eigenvalue weighted by Crippen LogP contribution is -2.40. The van der Waals surface area contributed by atoms with Crippen molar-refractivity contribution in [2.75, 3.05) is 5.32 Å². The van der Waals surface area contributed by atoms with E-state index in [2.05, 4.69) is 75.5 Å². The number of aryl methyl sites for hydroxylation is 1. The first-order valence-corrected chi connectivity index (χ1v) is 7.35. The zero-order chi connectivity index (χ0) is 15.2. The molecule has 0 saturated carbocycles. The summed E-state index contributed by atoms with van der Waals surface area (Å²) in [6.07, 6.45) is 0. The SMILES string of the molecule is CC1=C(N)C(C)(C)Nc2ccc(-c3ccccc3C)cc21. The molecule has 0 amide bonds. The van der Waals surface area contributed by atoms with E-state index in [1.165, 1.54) is 27.8 Å². The van der Waals surface area contributed by atoms with E-state index in [1.54, 1.807) is 0 Å². The minimum absolute atomic E-state index is 0.193. The molecule has 108 valence electrons. The Balaban J connectivity index is 2.16. The van der Waals surface area contributed by atoms with Gasteiger partial charge in [-0.25, -0.2) is 0 Å². The Morgan fingerprint density at radius 3 is 2.38 bits per heavy atom. The number of anilines is 1. The molecule has 3 N–H and O–H groups in total. The lowest BCUT2D eigenvalue weighted by Gasteiger charge is -2.35. The number of allylic oxidation sites excluding steroid dienone is 1. The van der Waals surface area contributed by atoms with Crippen molar-refractivity contribution in [1.82, 2.24) is 0 Å². The minimum Gasteiger partial charge on any atom is -0.400 e. The van der Waals surface area contributed by atoms with Crippen LogP contribution in [0.25, 0.3) is 16.7 Å². The first kappa shape index (κ1) is 13.7. The number of hydrogen-bond donors (Lipinski definition) is 2. The summed E-state index contributed by atoms with van der Waals surface area (Å²) in [4.78, 5) is 0. The molecule has 1 aliphatic heterocycles. The van der Waals surface area contributed by atoms with Crippen molar-refractivity contribution in [3.8, 4) is 11.1 Å². The second-order valence-corrected chi connectivity index (χ2v) is 6.36. The monoisotopic (exact) mass is 278 g/mol.